The summed E-state index contributed by atoms with van der Waals surface area (Å²) in [4.78, 5) is 10.3. The predicted octanol–water partition coefficient (Wildman–Crippen LogP) is 2.37. The first kappa shape index (κ1) is 16.4. The minimum Gasteiger partial charge on any atom is -0.391 e. The van der Waals surface area contributed by atoms with Crippen LogP contribution in [0, 0.1) is 0 Å². The van der Waals surface area contributed by atoms with Gasteiger partial charge in [-0.05, 0) is 40.4 Å². The maximum Gasteiger partial charge on any atom is 0.185 e. The lowest BCUT2D eigenvalue weighted by Gasteiger charge is -2.20. The molecule has 0 unspecified atom stereocenters. The van der Waals surface area contributed by atoms with Crippen LogP contribution in [0.4, 0.5) is 5.13 Å². The van der Waals surface area contributed by atoms with Gasteiger partial charge in [0.05, 0.1) is 17.2 Å². The normalized spacial score (nSPS) is 11.3. The number of thiazole rings is 1. The molecule has 0 atom stereocenters. The third-order valence-electron chi connectivity index (χ3n) is 3.08. The topological polar surface area (TPSA) is 39.6 Å². The van der Waals surface area contributed by atoms with Gasteiger partial charge in [0.25, 0.3) is 0 Å². The molecule has 0 saturated heterocycles. The summed E-state index contributed by atoms with van der Waals surface area (Å²) in [5.41, 5.74) is 1.08. The van der Waals surface area contributed by atoms with E-state index in [1.807, 2.05) is 0 Å². The first-order chi connectivity index (χ1) is 9.12. The molecule has 5 heteroatoms. The Balaban J connectivity index is 2.69. The molecule has 1 aromatic rings. The van der Waals surface area contributed by atoms with Gasteiger partial charge in [0.1, 0.15) is 0 Å². The molecule has 0 bridgehead atoms. The molecule has 0 aliphatic heterocycles. The van der Waals surface area contributed by atoms with Gasteiger partial charge in [-0.2, -0.15) is 0 Å². The van der Waals surface area contributed by atoms with Crippen molar-refractivity contribution in [3.63, 3.8) is 0 Å². The van der Waals surface area contributed by atoms with Crippen molar-refractivity contribution in [1.82, 2.24) is 9.88 Å². The lowest BCUT2D eigenvalue weighted by Crippen LogP contribution is -2.26. The van der Waals surface area contributed by atoms with E-state index in [1.165, 1.54) is 0 Å². The summed E-state index contributed by atoms with van der Waals surface area (Å²) in [6.45, 7) is 7.51. The molecule has 0 aromatic carbocycles. The van der Waals surface area contributed by atoms with Crippen LogP contribution in [0.5, 0.6) is 0 Å². The molecule has 1 heterocycles. The maximum atomic E-state index is 9.41. The van der Waals surface area contributed by atoms with Gasteiger partial charge in [0.2, 0.25) is 0 Å². The SMILES string of the molecule is CCCc1nc(N(CC)CCCN(C)C)sc1CO. The smallest absolute Gasteiger partial charge is 0.185 e. The molecule has 0 aliphatic carbocycles. The Morgan fingerprint density at radius 3 is 2.47 bits per heavy atom. The fourth-order valence-electron chi connectivity index (χ4n) is 2.03. The molecule has 0 aliphatic rings. The van der Waals surface area contributed by atoms with Crippen molar-refractivity contribution in [3.8, 4) is 0 Å². The van der Waals surface area contributed by atoms with Crippen LogP contribution in [-0.2, 0) is 13.0 Å². The zero-order valence-electron chi connectivity index (χ0n) is 12.6. The molecule has 1 aromatic heterocycles. The molecule has 1 rings (SSSR count). The van der Waals surface area contributed by atoms with Crippen molar-refractivity contribution < 1.29 is 5.11 Å². The third-order valence-corrected chi connectivity index (χ3v) is 4.23. The van der Waals surface area contributed by atoms with Crippen molar-refractivity contribution in [2.75, 3.05) is 38.6 Å². The van der Waals surface area contributed by atoms with E-state index >= 15 is 0 Å². The van der Waals surface area contributed by atoms with Crippen molar-refractivity contribution in [3.05, 3.63) is 10.6 Å². The minimum absolute atomic E-state index is 0.113. The van der Waals surface area contributed by atoms with Crippen LogP contribution in [0.3, 0.4) is 0 Å². The minimum atomic E-state index is 0.113. The highest BCUT2D eigenvalue weighted by molar-refractivity contribution is 7.15. The van der Waals surface area contributed by atoms with Crippen LogP contribution < -0.4 is 4.90 Å². The Labute approximate surface area is 121 Å². The van der Waals surface area contributed by atoms with Gasteiger partial charge >= 0.3 is 0 Å². The summed E-state index contributed by atoms with van der Waals surface area (Å²) in [6.07, 6.45) is 3.17. The molecule has 0 saturated carbocycles. The first-order valence-electron chi connectivity index (χ1n) is 7.11. The second-order valence-corrected chi connectivity index (χ2v) is 6.07. The van der Waals surface area contributed by atoms with Crippen molar-refractivity contribution >= 4 is 16.5 Å². The van der Waals surface area contributed by atoms with Crippen molar-refractivity contribution in [1.29, 1.82) is 0 Å². The van der Waals surface area contributed by atoms with E-state index in [9.17, 15) is 5.11 Å². The van der Waals surface area contributed by atoms with Gasteiger partial charge < -0.3 is 14.9 Å². The Morgan fingerprint density at radius 1 is 1.21 bits per heavy atom. The zero-order chi connectivity index (χ0) is 14.3. The van der Waals surface area contributed by atoms with E-state index in [4.69, 9.17) is 4.98 Å². The number of anilines is 1. The van der Waals surface area contributed by atoms with Gasteiger partial charge in [-0.15, -0.1) is 0 Å². The molecule has 1 N–H and O–H groups in total. The maximum absolute atomic E-state index is 9.41. The summed E-state index contributed by atoms with van der Waals surface area (Å²) in [6, 6.07) is 0. The number of aliphatic hydroxyl groups is 1. The molecule has 0 amide bonds. The third kappa shape index (κ3) is 5.09. The predicted molar refractivity (Wildman–Crippen MR) is 83.1 cm³/mol. The number of hydrogen-bond donors (Lipinski definition) is 1. The Kier molecular flexibility index (Phi) is 7.34. The van der Waals surface area contributed by atoms with Crippen molar-refractivity contribution in [2.45, 2.75) is 39.7 Å². The van der Waals surface area contributed by atoms with Crippen LogP contribution in [-0.4, -0.2) is 48.7 Å². The lowest BCUT2D eigenvalue weighted by atomic mass is 10.2. The second kappa shape index (κ2) is 8.51. The summed E-state index contributed by atoms with van der Waals surface area (Å²) >= 11 is 1.64. The lowest BCUT2D eigenvalue weighted by molar-refractivity contribution is 0.284. The van der Waals surface area contributed by atoms with Crippen LogP contribution in [0.15, 0.2) is 0 Å². The van der Waals surface area contributed by atoms with Crippen LogP contribution >= 0.6 is 11.3 Å². The fraction of sp³-hybridized carbons (Fsp3) is 0.786. The summed E-state index contributed by atoms with van der Waals surface area (Å²) in [7, 11) is 4.20. The first-order valence-corrected chi connectivity index (χ1v) is 7.93. The van der Waals surface area contributed by atoms with Crippen molar-refractivity contribution in [2.24, 2.45) is 0 Å². The van der Waals surface area contributed by atoms with Crippen LogP contribution in [0.2, 0.25) is 0 Å². The number of hydrogen-bond acceptors (Lipinski definition) is 5. The molecule has 0 fully saturated rings. The number of aliphatic hydroxyl groups excluding tert-OH is 1. The van der Waals surface area contributed by atoms with E-state index < -0.39 is 0 Å². The monoisotopic (exact) mass is 285 g/mol. The average Bonchev–Trinajstić information content (AvgIpc) is 2.78. The Bertz CT molecular complexity index is 366. The molecule has 110 valence electrons. The van der Waals surface area contributed by atoms with E-state index in [1.54, 1.807) is 11.3 Å². The quantitative estimate of drug-likeness (QED) is 0.756. The van der Waals surface area contributed by atoms with Gasteiger partial charge in [-0.1, -0.05) is 24.7 Å². The second-order valence-electron chi connectivity index (χ2n) is 5.01. The summed E-state index contributed by atoms with van der Waals surface area (Å²) in [5.74, 6) is 0. The van der Waals surface area contributed by atoms with Gasteiger partial charge in [-0.25, -0.2) is 4.98 Å². The number of nitrogens with zero attached hydrogens (tertiary/aromatic N) is 3. The van der Waals surface area contributed by atoms with E-state index in [-0.39, 0.29) is 6.61 Å². The number of aromatic nitrogens is 1. The standard InChI is InChI=1S/C14H27N3OS/c1-5-8-12-13(11-18)19-14(15-12)17(6-2)10-7-9-16(3)4/h18H,5-11H2,1-4H3. The Hall–Kier alpha value is -0.650. The Morgan fingerprint density at radius 2 is 1.95 bits per heavy atom. The molecule has 19 heavy (non-hydrogen) atoms. The van der Waals surface area contributed by atoms with Gasteiger partial charge in [0.15, 0.2) is 5.13 Å². The molecule has 0 radical (unpaired) electrons. The number of rotatable bonds is 9. The highest BCUT2D eigenvalue weighted by atomic mass is 32.1. The molecular formula is C14H27N3OS. The highest BCUT2D eigenvalue weighted by Crippen LogP contribution is 2.27. The molecule has 0 spiro atoms. The number of aryl methyl sites for hydroxylation is 1. The molecule has 4 nitrogen and oxygen atoms in total. The zero-order valence-corrected chi connectivity index (χ0v) is 13.5. The van der Waals surface area contributed by atoms with E-state index in [0.29, 0.717) is 0 Å². The summed E-state index contributed by atoms with van der Waals surface area (Å²) < 4.78 is 0. The fourth-order valence-corrected chi connectivity index (χ4v) is 3.08. The average molecular weight is 285 g/mol. The van der Waals surface area contributed by atoms with Gasteiger partial charge in [-0.3, -0.25) is 0 Å². The van der Waals surface area contributed by atoms with Crippen LogP contribution in [0.1, 0.15) is 37.3 Å². The van der Waals surface area contributed by atoms with E-state index in [0.717, 1.165) is 54.6 Å². The molecular weight excluding hydrogens is 258 g/mol. The summed E-state index contributed by atoms with van der Waals surface area (Å²) in [5, 5.41) is 10.5. The van der Waals surface area contributed by atoms with Crippen LogP contribution in [0.25, 0.3) is 0 Å². The van der Waals surface area contributed by atoms with E-state index in [2.05, 4.69) is 37.7 Å². The largest absolute Gasteiger partial charge is 0.391 e. The van der Waals surface area contributed by atoms with Gasteiger partial charge in [0, 0.05) is 13.1 Å². The highest BCUT2D eigenvalue weighted by Gasteiger charge is 2.14.